The van der Waals surface area contributed by atoms with E-state index in [9.17, 15) is 44.3 Å². The fourth-order valence-electron chi connectivity index (χ4n) is 1.45. The average molecular weight is 365 g/mol. The number of nitrogens with one attached hydrogen (secondary N) is 1. The molecule has 0 atom stereocenters. The van der Waals surface area contributed by atoms with E-state index in [-0.39, 0.29) is 5.56 Å². The normalized spacial score (nSPS) is 13.8. The van der Waals surface area contributed by atoms with E-state index < -0.39 is 48.2 Å². The first-order valence-corrected chi connectivity index (χ1v) is 6.01. The lowest BCUT2D eigenvalue weighted by molar-refractivity contribution is -0.166. The minimum Gasteiger partial charge on any atom is -0.377 e. The molecule has 2 nitrogen and oxygen atoms in total. The van der Waals surface area contributed by atoms with Crippen molar-refractivity contribution in [1.29, 1.82) is 0 Å². The second kappa shape index (κ2) is 6.73. The summed E-state index contributed by atoms with van der Waals surface area (Å²) in [4.78, 5) is 10.6. The quantitative estimate of drug-likeness (QED) is 0.634. The lowest BCUT2D eigenvalue weighted by Crippen LogP contribution is -2.30. The molecular formula is C13H8F9NO. The summed E-state index contributed by atoms with van der Waals surface area (Å²) in [6.07, 6.45) is -16.0. The van der Waals surface area contributed by atoms with Gasteiger partial charge in [0.1, 0.15) is 5.70 Å². The van der Waals surface area contributed by atoms with E-state index in [1.165, 1.54) is 0 Å². The van der Waals surface area contributed by atoms with Gasteiger partial charge in [-0.15, -0.1) is 0 Å². The number of allylic oxidation sites excluding steroid dienone is 2. The molecule has 0 heterocycles. The molecule has 1 rings (SSSR count). The zero-order valence-electron chi connectivity index (χ0n) is 11.4. The largest absolute Gasteiger partial charge is 0.454 e. The van der Waals surface area contributed by atoms with Crippen LogP contribution < -0.4 is 5.32 Å². The Balaban J connectivity index is 2.91. The zero-order valence-corrected chi connectivity index (χ0v) is 11.4. The van der Waals surface area contributed by atoms with Crippen LogP contribution in [0.3, 0.4) is 0 Å². The monoisotopic (exact) mass is 365 g/mol. The molecule has 1 aromatic carbocycles. The topological polar surface area (TPSA) is 29.1 Å². The number of alkyl halides is 9. The molecular weight excluding hydrogens is 357 g/mol. The number of benzene rings is 1. The predicted octanol–water partition coefficient (Wildman–Crippen LogP) is 4.37. The van der Waals surface area contributed by atoms with Crippen LogP contribution in [-0.2, 0) is 17.5 Å². The highest BCUT2D eigenvalue weighted by Gasteiger charge is 2.41. The van der Waals surface area contributed by atoms with Crippen LogP contribution in [0.25, 0.3) is 0 Å². The molecule has 0 radical (unpaired) electrons. The molecule has 134 valence electrons. The summed E-state index contributed by atoms with van der Waals surface area (Å²) in [5, 5.41) is 1.57. The van der Waals surface area contributed by atoms with E-state index in [1.807, 2.05) is 0 Å². The number of halogens is 9. The molecule has 0 aromatic heterocycles. The summed E-state index contributed by atoms with van der Waals surface area (Å²) in [7, 11) is 0. The van der Waals surface area contributed by atoms with Gasteiger partial charge in [-0.05, 0) is 17.7 Å². The Labute approximate surface area is 128 Å². The summed E-state index contributed by atoms with van der Waals surface area (Å²) < 4.78 is 111. The molecule has 0 saturated heterocycles. The molecule has 0 amide bonds. The Morgan fingerprint density at radius 3 is 1.75 bits per heavy atom. The second-order valence-electron chi connectivity index (χ2n) is 4.47. The average Bonchev–Trinajstić information content (AvgIpc) is 2.40. The van der Waals surface area contributed by atoms with Crippen LogP contribution in [0.5, 0.6) is 0 Å². The third kappa shape index (κ3) is 5.78. The summed E-state index contributed by atoms with van der Waals surface area (Å²) in [5.74, 6) is -2.71. The van der Waals surface area contributed by atoms with Gasteiger partial charge in [-0.1, -0.05) is 12.1 Å². The van der Waals surface area contributed by atoms with Gasteiger partial charge >= 0.3 is 18.5 Å². The number of hydrogen-bond acceptors (Lipinski definition) is 2. The van der Waals surface area contributed by atoms with Gasteiger partial charge in [0.15, 0.2) is 0 Å². The maximum atomic E-state index is 12.6. The molecule has 0 spiro atoms. The van der Waals surface area contributed by atoms with Crippen LogP contribution in [0.4, 0.5) is 39.5 Å². The van der Waals surface area contributed by atoms with Gasteiger partial charge in [-0.2, -0.15) is 39.5 Å². The van der Waals surface area contributed by atoms with Gasteiger partial charge in [-0.3, -0.25) is 4.79 Å². The highest BCUT2D eigenvalue weighted by Crippen LogP contribution is 2.29. The van der Waals surface area contributed by atoms with E-state index in [1.54, 1.807) is 5.32 Å². The SMILES string of the molecule is O=C(/C=C(/NCc1ccc(C(F)(F)F)cc1)C(F)(F)F)C(F)(F)F. The van der Waals surface area contributed by atoms with E-state index >= 15 is 0 Å². The minimum absolute atomic E-state index is 0.0578. The number of ketones is 1. The standard InChI is InChI=1S/C13H8F9NO/c14-11(15,16)8-3-1-7(2-4-8)6-23-9(12(17,18)19)5-10(24)13(20,21)22/h1-5,23H,6H2/b9-5+. The van der Waals surface area contributed by atoms with Crippen molar-refractivity contribution in [3.8, 4) is 0 Å². The Hall–Kier alpha value is -2.20. The highest BCUT2D eigenvalue weighted by molar-refractivity contribution is 5.95. The first-order chi connectivity index (χ1) is 10.7. The van der Waals surface area contributed by atoms with Crippen molar-refractivity contribution in [2.45, 2.75) is 25.1 Å². The molecule has 0 unspecified atom stereocenters. The fraction of sp³-hybridized carbons (Fsp3) is 0.308. The second-order valence-corrected chi connectivity index (χ2v) is 4.47. The van der Waals surface area contributed by atoms with E-state index in [0.29, 0.717) is 12.1 Å². The maximum Gasteiger partial charge on any atom is 0.454 e. The number of rotatable bonds is 4. The third-order valence-electron chi connectivity index (χ3n) is 2.62. The van der Waals surface area contributed by atoms with Crippen LogP contribution in [0.2, 0.25) is 0 Å². The van der Waals surface area contributed by atoms with Gasteiger partial charge in [-0.25, -0.2) is 0 Å². The number of carbonyl (C=O) groups excluding carboxylic acids is 1. The molecule has 0 aliphatic heterocycles. The lowest BCUT2D eigenvalue weighted by Gasteiger charge is -2.15. The Morgan fingerprint density at radius 2 is 1.38 bits per heavy atom. The van der Waals surface area contributed by atoms with Crippen LogP contribution in [-0.4, -0.2) is 18.1 Å². The van der Waals surface area contributed by atoms with Gasteiger partial charge in [0.05, 0.1) is 5.56 Å². The van der Waals surface area contributed by atoms with Crippen LogP contribution >= 0.6 is 0 Å². The summed E-state index contributed by atoms with van der Waals surface area (Å²) >= 11 is 0. The molecule has 0 bridgehead atoms. The van der Waals surface area contributed by atoms with Crippen LogP contribution in [0, 0.1) is 0 Å². The number of carbonyl (C=O) groups is 1. The van der Waals surface area contributed by atoms with Crippen molar-refractivity contribution in [3.05, 3.63) is 47.2 Å². The smallest absolute Gasteiger partial charge is 0.377 e. The highest BCUT2D eigenvalue weighted by atomic mass is 19.4. The van der Waals surface area contributed by atoms with Crippen molar-refractivity contribution >= 4 is 5.78 Å². The summed E-state index contributed by atoms with van der Waals surface area (Å²) in [6.45, 7) is -0.728. The molecule has 1 aromatic rings. The molecule has 0 aliphatic carbocycles. The minimum atomic E-state index is -5.48. The van der Waals surface area contributed by atoms with Gasteiger partial charge in [0.2, 0.25) is 0 Å². The van der Waals surface area contributed by atoms with Crippen molar-refractivity contribution in [3.63, 3.8) is 0 Å². The molecule has 1 N–H and O–H groups in total. The van der Waals surface area contributed by atoms with Crippen LogP contribution in [0.15, 0.2) is 36.0 Å². The summed E-state index contributed by atoms with van der Waals surface area (Å²) in [6, 6.07) is 2.93. The van der Waals surface area contributed by atoms with Crippen molar-refractivity contribution < 1.29 is 44.3 Å². The third-order valence-corrected chi connectivity index (χ3v) is 2.62. The van der Waals surface area contributed by atoms with E-state index in [4.69, 9.17) is 0 Å². The predicted molar refractivity (Wildman–Crippen MR) is 63.5 cm³/mol. The molecule has 24 heavy (non-hydrogen) atoms. The molecule has 0 saturated carbocycles. The first kappa shape index (κ1) is 19.8. The zero-order chi connectivity index (χ0) is 18.8. The van der Waals surface area contributed by atoms with Crippen molar-refractivity contribution in [2.75, 3.05) is 0 Å². The Morgan fingerprint density at radius 1 is 0.875 bits per heavy atom. The van der Waals surface area contributed by atoms with E-state index in [0.717, 1.165) is 12.1 Å². The van der Waals surface area contributed by atoms with Crippen molar-refractivity contribution in [2.24, 2.45) is 0 Å². The van der Waals surface area contributed by atoms with Crippen molar-refractivity contribution in [1.82, 2.24) is 5.32 Å². The molecule has 0 aliphatic rings. The van der Waals surface area contributed by atoms with Gasteiger partial charge in [0, 0.05) is 12.6 Å². The van der Waals surface area contributed by atoms with E-state index in [2.05, 4.69) is 0 Å². The molecule has 11 heteroatoms. The van der Waals surface area contributed by atoms with Crippen LogP contribution in [0.1, 0.15) is 11.1 Å². The first-order valence-electron chi connectivity index (χ1n) is 6.01. The fourth-order valence-corrected chi connectivity index (χ4v) is 1.45. The Kier molecular flexibility index (Phi) is 5.57. The maximum absolute atomic E-state index is 12.6. The lowest BCUT2D eigenvalue weighted by atomic mass is 10.1. The number of hydrogen-bond donors (Lipinski definition) is 1. The van der Waals surface area contributed by atoms with Gasteiger partial charge < -0.3 is 5.32 Å². The van der Waals surface area contributed by atoms with Gasteiger partial charge in [0.25, 0.3) is 5.78 Å². The molecule has 0 fully saturated rings. The Bertz CT molecular complexity index is 608. The summed E-state index contributed by atoms with van der Waals surface area (Å²) in [5.41, 5.74) is -3.05.